The zero-order chi connectivity index (χ0) is 40.8. The maximum Gasteiger partial charge on any atom is 0.271 e. The van der Waals surface area contributed by atoms with Gasteiger partial charge in [0, 0.05) is 68.5 Å². The zero-order valence-electron chi connectivity index (χ0n) is 32.4. The first-order chi connectivity index (χ1) is 27.3. The molecule has 16 nitrogen and oxygen atoms in total. The van der Waals surface area contributed by atoms with Crippen LogP contribution in [0.4, 0.5) is 0 Å². The molecule has 4 heterocycles. The van der Waals surface area contributed by atoms with Crippen molar-refractivity contribution in [2.75, 3.05) is 40.3 Å². The second kappa shape index (κ2) is 17.7. The number of carbonyl (C=O) groups is 6. The Hall–Kier alpha value is -6.23. The number of benzene rings is 2. The highest BCUT2D eigenvalue weighted by molar-refractivity contribution is 7.09. The Morgan fingerprint density at radius 3 is 2.40 bits per heavy atom. The molecule has 0 unspecified atom stereocenters. The van der Waals surface area contributed by atoms with Crippen LogP contribution in [0.25, 0.3) is 21.9 Å². The van der Waals surface area contributed by atoms with Crippen molar-refractivity contribution >= 4 is 68.7 Å². The molecule has 0 aliphatic carbocycles. The molecule has 1 aliphatic rings. The second-order valence-corrected chi connectivity index (χ2v) is 15.5. The maximum atomic E-state index is 14.2. The van der Waals surface area contributed by atoms with Gasteiger partial charge in [0.05, 0.1) is 30.2 Å². The first-order valence-corrected chi connectivity index (χ1v) is 19.6. The zero-order valence-corrected chi connectivity index (χ0v) is 33.3. The van der Waals surface area contributed by atoms with Crippen LogP contribution in [0, 0.1) is 5.92 Å². The van der Waals surface area contributed by atoms with Crippen LogP contribution in [0.1, 0.15) is 64.7 Å². The van der Waals surface area contributed by atoms with Crippen molar-refractivity contribution in [1.29, 1.82) is 0 Å². The van der Waals surface area contributed by atoms with Gasteiger partial charge in [0.25, 0.3) is 11.8 Å². The van der Waals surface area contributed by atoms with Gasteiger partial charge in [-0.3, -0.25) is 38.7 Å². The van der Waals surface area contributed by atoms with Gasteiger partial charge in [-0.1, -0.05) is 38.1 Å². The van der Waals surface area contributed by atoms with Crippen LogP contribution in [0.2, 0.25) is 0 Å². The number of aromatic amines is 1. The van der Waals surface area contributed by atoms with E-state index in [4.69, 9.17) is 0 Å². The Bertz CT molecular complexity index is 2300. The molecule has 3 atom stereocenters. The van der Waals surface area contributed by atoms with Gasteiger partial charge in [0.15, 0.2) is 0 Å². The Kier molecular flexibility index (Phi) is 12.6. The highest BCUT2D eigenvalue weighted by Crippen LogP contribution is 2.26. The number of H-pyrrole nitrogens is 1. The largest absolute Gasteiger partial charge is 0.361 e. The fourth-order valence-electron chi connectivity index (χ4n) is 6.82. The summed E-state index contributed by atoms with van der Waals surface area (Å²) in [6.45, 7) is 4.77. The molecule has 2 aromatic carbocycles. The van der Waals surface area contributed by atoms with E-state index in [9.17, 15) is 28.8 Å². The Morgan fingerprint density at radius 2 is 1.61 bits per heavy atom. The third kappa shape index (κ3) is 9.60. The van der Waals surface area contributed by atoms with Crippen molar-refractivity contribution < 1.29 is 28.8 Å². The number of rotatable bonds is 5. The lowest BCUT2D eigenvalue weighted by Crippen LogP contribution is -2.53. The lowest BCUT2D eigenvalue weighted by atomic mass is 10.0. The van der Waals surface area contributed by atoms with Gasteiger partial charge in [-0.05, 0) is 43.0 Å². The molecule has 4 N–H and O–H groups in total. The van der Waals surface area contributed by atoms with Gasteiger partial charge in [-0.25, -0.2) is 4.98 Å². The fraction of sp³-hybridized carbons (Fsp3) is 0.375. The molecule has 6 rings (SSSR count). The van der Waals surface area contributed by atoms with Gasteiger partial charge in [0.1, 0.15) is 28.3 Å². The van der Waals surface area contributed by atoms with Crippen molar-refractivity contribution in [2.45, 2.75) is 51.7 Å². The van der Waals surface area contributed by atoms with Gasteiger partial charge in [-0.2, -0.15) is 0 Å². The van der Waals surface area contributed by atoms with Crippen LogP contribution >= 0.6 is 11.3 Å². The fourth-order valence-corrected chi connectivity index (χ4v) is 7.68. The molecule has 5 aromatic rings. The predicted octanol–water partition coefficient (Wildman–Crippen LogP) is 2.69. The maximum absolute atomic E-state index is 14.2. The quantitative estimate of drug-likeness (QED) is 0.206. The van der Waals surface area contributed by atoms with Crippen LogP contribution in [-0.2, 0) is 25.6 Å². The summed E-state index contributed by atoms with van der Waals surface area (Å²) in [4.78, 5) is 103. The Morgan fingerprint density at radius 1 is 0.860 bits per heavy atom. The van der Waals surface area contributed by atoms with Gasteiger partial charge < -0.3 is 35.6 Å². The van der Waals surface area contributed by atoms with E-state index in [1.807, 2.05) is 38.1 Å². The molecule has 0 saturated carbocycles. The number of para-hydroxylation sites is 2. The molecule has 0 radical (unpaired) electrons. The average molecular weight is 795 g/mol. The van der Waals surface area contributed by atoms with E-state index in [-0.39, 0.29) is 49.8 Å². The second-order valence-electron chi connectivity index (χ2n) is 14.6. The topological polar surface area (TPSA) is 203 Å². The minimum absolute atomic E-state index is 0.0292. The molecule has 0 saturated heterocycles. The van der Waals surface area contributed by atoms with Gasteiger partial charge in [-0.15, -0.1) is 11.3 Å². The number of hydrogen-bond donors (Lipinski definition) is 4. The Balaban J connectivity index is 1.32. The highest BCUT2D eigenvalue weighted by atomic mass is 32.1. The standard InChI is InChI=1S/C40H46N10O6S/c1-23(2)17-30-37-47-32(22-57-37)36(53)46-31(18-25-19-43-28-11-7-6-9-26(25)28)40(56)49(5)20-33(51)44-24(3)38(54)48(4)15-16-50(21-34(52)45-30)39(55)27-10-8-12-29-35(27)42-14-13-41-29/h6-14,19,22-24,30-31,43H,15-18,20-21H2,1-5H3,(H,44,51)(H,45,52)(H,46,53)/t24-,30-,31+/m0/s1. The normalized spacial score (nSPS) is 19.7. The van der Waals surface area contributed by atoms with Crippen molar-refractivity contribution in [3.05, 3.63) is 88.3 Å². The first-order valence-electron chi connectivity index (χ1n) is 18.7. The molecular weight excluding hydrogens is 749 g/mol. The van der Waals surface area contributed by atoms with Crippen molar-refractivity contribution in [3.63, 3.8) is 0 Å². The molecule has 0 fully saturated rings. The van der Waals surface area contributed by atoms with E-state index >= 15 is 0 Å². The third-order valence-corrected chi connectivity index (χ3v) is 10.7. The summed E-state index contributed by atoms with van der Waals surface area (Å²) in [6, 6.07) is 9.95. The van der Waals surface area contributed by atoms with E-state index in [0.29, 0.717) is 22.5 Å². The Labute approximate surface area is 333 Å². The summed E-state index contributed by atoms with van der Waals surface area (Å²) in [5.41, 5.74) is 2.82. The summed E-state index contributed by atoms with van der Waals surface area (Å²) in [5, 5.41) is 11.5. The molecule has 2 bridgehead atoms. The molecule has 57 heavy (non-hydrogen) atoms. The van der Waals surface area contributed by atoms with Crippen molar-refractivity contribution in [3.8, 4) is 0 Å². The number of nitrogens with one attached hydrogen (secondary N) is 4. The van der Waals surface area contributed by atoms with Crippen LogP contribution in [0.5, 0.6) is 0 Å². The molecule has 3 aromatic heterocycles. The number of aromatic nitrogens is 4. The SMILES string of the molecule is CC(C)C[C@@H]1NC(=O)CN(C(=O)c2cccc3nccnc23)CCN(C)C(=O)[C@H](C)NC(=O)CN(C)C(=O)[C@@H](Cc2c[nH]c3ccccc23)NC(=O)c2csc1n2. The number of thiazole rings is 1. The molecule has 0 spiro atoms. The summed E-state index contributed by atoms with van der Waals surface area (Å²) in [5.74, 6) is -3.01. The molecule has 298 valence electrons. The lowest BCUT2D eigenvalue weighted by Gasteiger charge is -2.28. The molecule has 1 aliphatic heterocycles. The van der Waals surface area contributed by atoms with E-state index < -0.39 is 53.6 Å². The predicted molar refractivity (Wildman–Crippen MR) is 214 cm³/mol. The summed E-state index contributed by atoms with van der Waals surface area (Å²) < 4.78 is 0. The number of nitrogens with zero attached hydrogens (tertiary/aromatic N) is 6. The first kappa shape index (κ1) is 40.4. The smallest absolute Gasteiger partial charge is 0.271 e. The minimum Gasteiger partial charge on any atom is -0.361 e. The summed E-state index contributed by atoms with van der Waals surface area (Å²) in [7, 11) is 3.00. The highest BCUT2D eigenvalue weighted by Gasteiger charge is 2.31. The van der Waals surface area contributed by atoms with Crippen molar-refractivity contribution in [2.24, 2.45) is 5.92 Å². The summed E-state index contributed by atoms with van der Waals surface area (Å²) >= 11 is 1.20. The monoisotopic (exact) mass is 794 g/mol. The number of hydrogen-bond acceptors (Lipinski definition) is 10. The molecule has 6 amide bonds. The minimum atomic E-state index is -1.08. The van der Waals surface area contributed by atoms with Crippen LogP contribution in [0.15, 0.2) is 66.4 Å². The van der Waals surface area contributed by atoms with E-state index in [1.165, 1.54) is 52.4 Å². The summed E-state index contributed by atoms with van der Waals surface area (Å²) in [6.07, 6.45) is 5.38. The average Bonchev–Trinajstić information content (AvgIpc) is 3.85. The van der Waals surface area contributed by atoms with Crippen LogP contribution < -0.4 is 16.0 Å². The number of fused-ring (bicyclic) bond motifs is 4. The molecule has 17 heteroatoms. The lowest BCUT2D eigenvalue weighted by molar-refractivity contribution is -0.138. The number of amides is 6. The number of carbonyl (C=O) groups excluding carboxylic acids is 6. The third-order valence-electron chi connectivity index (χ3n) is 9.73. The molecular formula is C40H46N10O6S. The van der Waals surface area contributed by atoms with E-state index in [2.05, 4.69) is 35.9 Å². The van der Waals surface area contributed by atoms with Gasteiger partial charge >= 0.3 is 0 Å². The van der Waals surface area contributed by atoms with Crippen molar-refractivity contribution in [1.82, 2.24) is 50.6 Å². The van der Waals surface area contributed by atoms with Crippen LogP contribution in [0.3, 0.4) is 0 Å². The van der Waals surface area contributed by atoms with Gasteiger partial charge in [0.2, 0.25) is 23.6 Å². The van der Waals surface area contributed by atoms with E-state index in [0.717, 1.165) is 16.5 Å². The number of likely N-dealkylation sites (N-methyl/N-ethyl adjacent to an activating group) is 2. The van der Waals surface area contributed by atoms with E-state index in [1.54, 1.807) is 36.8 Å². The van der Waals surface area contributed by atoms with Crippen LogP contribution in [-0.4, -0.2) is 122 Å².